The van der Waals surface area contributed by atoms with Crippen LogP contribution in [0, 0.1) is 17.3 Å². The van der Waals surface area contributed by atoms with Gasteiger partial charge >= 0.3 is 5.97 Å². The highest BCUT2D eigenvalue weighted by molar-refractivity contribution is 5.88. The fourth-order valence-electron chi connectivity index (χ4n) is 4.26. The zero-order valence-electron chi connectivity index (χ0n) is 13.6. The van der Waals surface area contributed by atoms with E-state index in [1.165, 1.54) is 0 Å². The van der Waals surface area contributed by atoms with Crippen LogP contribution in [0.25, 0.3) is 0 Å². The van der Waals surface area contributed by atoms with Crippen molar-refractivity contribution in [3.05, 3.63) is 0 Å². The van der Waals surface area contributed by atoms with Crippen LogP contribution >= 0.6 is 0 Å². The monoisotopic (exact) mass is 295 g/mol. The summed E-state index contributed by atoms with van der Waals surface area (Å²) in [5, 5.41) is 9.49. The molecule has 1 saturated heterocycles. The van der Waals surface area contributed by atoms with Crippen molar-refractivity contribution in [2.75, 3.05) is 6.54 Å². The number of amides is 1. The van der Waals surface area contributed by atoms with Crippen LogP contribution in [-0.2, 0) is 9.59 Å². The van der Waals surface area contributed by atoms with Gasteiger partial charge in [0.1, 0.15) is 6.04 Å². The molecule has 1 aliphatic carbocycles. The molecule has 1 aliphatic heterocycles. The van der Waals surface area contributed by atoms with Gasteiger partial charge < -0.3 is 10.0 Å². The van der Waals surface area contributed by atoms with Crippen LogP contribution in [0.2, 0.25) is 0 Å². The fourth-order valence-corrected chi connectivity index (χ4v) is 4.26. The van der Waals surface area contributed by atoms with Crippen molar-refractivity contribution in [3.63, 3.8) is 0 Å². The van der Waals surface area contributed by atoms with Gasteiger partial charge in [-0.05, 0) is 43.9 Å². The maximum atomic E-state index is 13.1. The highest BCUT2D eigenvalue weighted by Crippen LogP contribution is 2.45. The van der Waals surface area contributed by atoms with Crippen molar-refractivity contribution in [2.45, 2.75) is 71.8 Å². The predicted octanol–water partition coefficient (Wildman–Crippen LogP) is 3.30. The molecule has 120 valence electrons. The van der Waals surface area contributed by atoms with Crippen LogP contribution in [0.1, 0.15) is 65.7 Å². The number of carboxylic acid groups (broad SMARTS) is 1. The quantitative estimate of drug-likeness (QED) is 0.865. The Kier molecular flexibility index (Phi) is 4.95. The first kappa shape index (κ1) is 16.3. The Morgan fingerprint density at radius 1 is 1.29 bits per heavy atom. The van der Waals surface area contributed by atoms with Gasteiger partial charge in [-0.25, -0.2) is 4.79 Å². The zero-order valence-corrected chi connectivity index (χ0v) is 13.6. The molecular weight excluding hydrogens is 266 g/mol. The molecule has 2 atom stereocenters. The van der Waals surface area contributed by atoms with E-state index in [0.717, 1.165) is 38.5 Å². The van der Waals surface area contributed by atoms with Crippen LogP contribution in [0.15, 0.2) is 0 Å². The Hall–Kier alpha value is -1.06. The highest BCUT2D eigenvalue weighted by atomic mass is 16.4. The summed E-state index contributed by atoms with van der Waals surface area (Å²) in [5.74, 6) is 0.138. The normalized spacial score (nSPS) is 28.9. The van der Waals surface area contributed by atoms with Gasteiger partial charge in [-0.15, -0.1) is 0 Å². The van der Waals surface area contributed by atoms with Gasteiger partial charge in [0.2, 0.25) is 5.91 Å². The molecule has 21 heavy (non-hydrogen) atoms. The first-order valence-corrected chi connectivity index (χ1v) is 8.39. The van der Waals surface area contributed by atoms with Crippen LogP contribution in [0.5, 0.6) is 0 Å². The van der Waals surface area contributed by atoms with Gasteiger partial charge in [0, 0.05) is 12.0 Å². The summed E-state index contributed by atoms with van der Waals surface area (Å²) in [6.07, 6.45) is 6.47. The number of piperidine rings is 1. The molecule has 0 spiro atoms. The molecule has 2 rings (SSSR count). The maximum Gasteiger partial charge on any atom is 0.326 e. The molecule has 4 heteroatoms. The van der Waals surface area contributed by atoms with Crippen LogP contribution < -0.4 is 0 Å². The molecule has 0 aromatic heterocycles. The SMILES string of the molecule is CC(C)CC1(C(=O)N2CCC(C)CC2C(=O)O)CCCC1. The number of carboxylic acids is 1. The Morgan fingerprint density at radius 2 is 1.90 bits per heavy atom. The van der Waals surface area contributed by atoms with E-state index < -0.39 is 12.0 Å². The zero-order chi connectivity index (χ0) is 15.6. The van der Waals surface area contributed by atoms with Gasteiger partial charge in [-0.1, -0.05) is 33.6 Å². The molecule has 2 aliphatic rings. The molecule has 1 heterocycles. The van der Waals surface area contributed by atoms with E-state index in [4.69, 9.17) is 0 Å². The molecule has 0 bridgehead atoms. The highest BCUT2D eigenvalue weighted by Gasteiger charge is 2.47. The van der Waals surface area contributed by atoms with Crippen LogP contribution in [0.3, 0.4) is 0 Å². The van der Waals surface area contributed by atoms with E-state index >= 15 is 0 Å². The summed E-state index contributed by atoms with van der Waals surface area (Å²) >= 11 is 0. The fraction of sp³-hybridized carbons (Fsp3) is 0.882. The average molecular weight is 295 g/mol. The number of carbonyl (C=O) groups is 2. The smallest absolute Gasteiger partial charge is 0.326 e. The van der Waals surface area contributed by atoms with E-state index in [1.54, 1.807) is 4.90 Å². The van der Waals surface area contributed by atoms with Crippen LogP contribution in [-0.4, -0.2) is 34.5 Å². The van der Waals surface area contributed by atoms with Gasteiger partial charge in [0.25, 0.3) is 0 Å². The lowest BCUT2D eigenvalue weighted by Crippen LogP contribution is -2.54. The van der Waals surface area contributed by atoms with Crippen molar-refractivity contribution >= 4 is 11.9 Å². The third kappa shape index (κ3) is 3.41. The molecule has 0 aromatic carbocycles. The number of aliphatic carboxylic acids is 1. The number of hydrogen-bond donors (Lipinski definition) is 1. The first-order valence-electron chi connectivity index (χ1n) is 8.39. The summed E-state index contributed by atoms with van der Waals surface area (Å²) < 4.78 is 0. The Balaban J connectivity index is 2.21. The van der Waals surface area contributed by atoms with Crippen molar-refractivity contribution in [1.82, 2.24) is 4.90 Å². The molecule has 0 aromatic rings. The molecular formula is C17H29NO3. The van der Waals surface area contributed by atoms with E-state index in [2.05, 4.69) is 20.8 Å². The molecule has 1 amide bonds. The second-order valence-corrected chi connectivity index (χ2v) is 7.57. The summed E-state index contributed by atoms with van der Waals surface area (Å²) in [6.45, 7) is 6.99. The standard InChI is InChI=1S/C17H29NO3/c1-12(2)11-17(7-4-5-8-17)16(21)18-9-6-13(3)10-14(18)15(19)20/h12-14H,4-11H2,1-3H3,(H,19,20). The number of hydrogen-bond acceptors (Lipinski definition) is 2. The minimum absolute atomic E-state index is 0.119. The molecule has 0 radical (unpaired) electrons. The summed E-state index contributed by atoms with van der Waals surface area (Å²) in [5.41, 5.74) is -0.289. The van der Waals surface area contributed by atoms with Crippen molar-refractivity contribution in [1.29, 1.82) is 0 Å². The summed E-state index contributed by atoms with van der Waals surface area (Å²) in [6, 6.07) is -0.620. The van der Waals surface area contributed by atoms with Crippen molar-refractivity contribution in [2.24, 2.45) is 17.3 Å². The lowest BCUT2D eigenvalue weighted by molar-refractivity contribution is -0.159. The Labute approximate surface area is 127 Å². The molecule has 1 N–H and O–H groups in total. The molecule has 2 unspecified atom stereocenters. The number of rotatable bonds is 4. The minimum Gasteiger partial charge on any atom is -0.480 e. The second-order valence-electron chi connectivity index (χ2n) is 7.57. The summed E-state index contributed by atoms with van der Waals surface area (Å²) in [4.78, 5) is 26.4. The minimum atomic E-state index is -0.840. The number of nitrogens with zero attached hydrogens (tertiary/aromatic N) is 1. The third-order valence-electron chi connectivity index (χ3n) is 5.22. The van der Waals surface area contributed by atoms with Gasteiger partial charge in [-0.2, -0.15) is 0 Å². The van der Waals surface area contributed by atoms with Gasteiger partial charge in [0.15, 0.2) is 0 Å². The van der Waals surface area contributed by atoms with Crippen LogP contribution in [0.4, 0.5) is 0 Å². The van der Waals surface area contributed by atoms with E-state index in [-0.39, 0.29) is 11.3 Å². The number of carbonyl (C=O) groups excluding carboxylic acids is 1. The Bertz CT molecular complexity index is 399. The summed E-state index contributed by atoms with van der Waals surface area (Å²) in [7, 11) is 0. The molecule has 1 saturated carbocycles. The lowest BCUT2D eigenvalue weighted by Gasteiger charge is -2.42. The maximum absolute atomic E-state index is 13.1. The van der Waals surface area contributed by atoms with Crippen molar-refractivity contribution < 1.29 is 14.7 Å². The third-order valence-corrected chi connectivity index (χ3v) is 5.22. The van der Waals surface area contributed by atoms with E-state index in [9.17, 15) is 14.7 Å². The first-order chi connectivity index (χ1) is 9.85. The average Bonchev–Trinajstić information content (AvgIpc) is 2.86. The number of likely N-dealkylation sites (tertiary alicyclic amines) is 1. The second kappa shape index (κ2) is 6.37. The van der Waals surface area contributed by atoms with Gasteiger partial charge in [0.05, 0.1) is 0 Å². The van der Waals surface area contributed by atoms with E-state index in [1.807, 2.05) is 0 Å². The van der Waals surface area contributed by atoms with Gasteiger partial charge in [-0.3, -0.25) is 4.79 Å². The molecule has 2 fully saturated rings. The molecule has 4 nitrogen and oxygen atoms in total. The van der Waals surface area contributed by atoms with E-state index in [0.29, 0.717) is 24.8 Å². The topological polar surface area (TPSA) is 57.6 Å². The Morgan fingerprint density at radius 3 is 2.43 bits per heavy atom. The largest absolute Gasteiger partial charge is 0.480 e. The lowest BCUT2D eigenvalue weighted by atomic mass is 9.76. The predicted molar refractivity (Wildman–Crippen MR) is 81.9 cm³/mol. The van der Waals surface area contributed by atoms with Crippen molar-refractivity contribution in [3.8, 4) is 0 Å².